The van der Waals surface area contributed by atoms with E-state index in [0.717, 1.165) is 0 Å². The van der Waals surface area contributed by atoms with Crippen LogP contribution < -0.4 is 4.74 Å². The van der Waals surface area contributed by atoms with E-state index in [-0.39, 0.29) is 5.56 Å². The fourth-order valence-electron chi connectivity index (χ4n) is 1.80. The standard InChI is InChI=1S/C18H18O5/c1-18(2,3)23-17(21)13-6-10-15(11-7-13)22-14-8-4-12(5-9-14)16(19)20/h4-11H,1-3H3,(H,19,20). The molecule has 0 fully saturated rings. The third-order valence-electron chi connectivity index (χ3n) is 2.83. The maximum Gasteiger partial charge on any atom is 0.338 e. The fourth-order valence-corrected chi connectivity index (χ4v) is 1.80. The maximum atomic E-state index is 11.9. The van der Waals surface area contributed by atoms with Gasteiger partial charge in [-0.2, -0.15) is 0 Å². The number of carboxylic acid groups (broad SMARTS) is 1. The van der Waals surface area contributed by atoms with Crippen molar-refractivity contribution in [3.05, 3.63) is 59.7 Å². The van der Waals surface area contributed by atoms with E-state index >= 15 is 0 Å². The van der Waals surface area contributed by atoms with Crippen LogP contribution in [0.5, 0.6) is 11.5 Å². The van der Waals surface area contributed by atoms with E-state index in [1.165, 1.54) is 12.1 Å². The van der Waals surface area contributed by atoms with Crippen molar-refractivity contribution in [2.24, 2.45) is 0 Å². The van der Waals surface area contributed by atoms with Crippen LogP contribution in [-0.2, 0) is 4.74 Å². The van der Waals surface area contributed by atoms with Gasteiger partial charge in [0.05, 0.1) is 11.1 Å². The number of carboxylic acids is 1. The van der Waals surface area contributed by atoms with Crippen LogP contribution in [0.1, 0.15) is 41.5 Å². The van der Waals surface area contributed by atoms with Crippen molar-refractivity contribution < 1.29 is 24.2 Å². The SMILES string of the molecule is CC(C)(C)OC(=O)c1ccc(Oc2ccc(C(=O)O)cc2)cc1. The van der Waals surface area contributed by atoms with Gasteiger partial charge in [0, 0.05) is 0 Å². The molecule has 0 saturated heterocycles. The lowest BCUT2D eigenvalue weighted by Gasteiger charge is -2.19. The van der Waals surface area contributed by atoms with Gasteiger partial charge in [0.1, 0.15) is 17.1 Å². The van der Waals surface area contributed by atoms with Gasteiger partial charge in [0.2, 0.25) is 0 Å². The van der Waals surface area contributed by atoms with Gasteiger partial charge < -0.3 is 14.6 Å². The van der Waals surface area contributed by atoms with Crippen molar-refractivity contribution in [2.75, 3.05) is 0 Å². The number of ether oxygens (including phenoxy) is 2. The highest BCUT2D eigenvalue weighted by molar-refractivity contribution is 5.89. The summed E-state index contributed by atoms with van der Waals surface area (Å²) in [5, 5.41) is 8.84. The molecule has 5 nitrogen and oxygen atoms in total. The molecule has 0 amide bonds. The van der Waals surface area contributed by atoms with Crippen LogP contribution in [0, 0.1) is 0 Å². The Morgan fingerprint density at radius 1 is 0.826 bits per heavy atom. The third-order valence-corrected chi connectivity index (χ3v) is 2.83. The van der Waals surface area contributed by atoms with Gasteiger partial charge in [0.15, 0.2) is 0 Å². The average Bonchev–Trinajstić information content (AvgIpc) is 2.46. The number of hydrogen-bond donors (Lipinski definition) is 1. The molecule has 0 saturated carbocycles. The first-order chi connectivity index (χ1) is 10.7. The minimum absolute atomic E-state index is 0.192. The van der Waals surface area contributed by atoms with Gasteiger partial charge in [-0.15, -0.1) is 0 Å². The highest BCUT2D eigenvalue weighted by Gasteiger charge is 2.17. The molecule has 0 radical (unpaired) electrons. The second-order valence-electron chi connectivity index (χ2n) is 5.96. The lowest BCUT2D eigenvalue weighted by molar-refractivity contribution is 0.00693. The predicted molar refractivity (Wildman–Crippen MR) is 85.1 cm³/mol. The summed E-state index contributed by atoms with van der Waals surface area (Å²) < 4.78 is 10.9. The van der Waals surface area contributed by atoms with Crippen molar-refractivity contribution in [3.8, 4) is 11.5 Å². The van der Waals surface area contributed by atoms with Crippen molar-refractivity contribution >= 4 is 11.9 Å². The normalized spacial score (nSPS) is 10.9. The van der Waals surface area contributed by atoms with Crippen LogP contribution in [0.3, 0.4) is 0 Å². The Morgan fingerprint density at radius 2 is 1.26 bits per heavy atom. The number of aromatic carboxylic acids is 1. The summed E-state index contributed by atoms with van der Waals surface area (Å²) in [7, 11) is 0. The van der Waals surface area contributed by atoms with Crippen LogP contribution in [0.4, 0.5) is 0 Å². The van der Waals surface area contributed by atoms with Crippen LogP contribution >= 0.6 is 0 Å². The van der Waals surface area contributed by atoms with Gasteiger partial charge in [-0.25, -0.2) is 9.59 Å². The summed E-state index contributed by atoms with van der Waals surface area (Å²) in [4.78, 5) is 22.7. The van der Waals surface area contributed by atoms with Gasteiger partial charge in [0.25, 0.3) is 0 Å². The number of hydrogen-bond acceptors (Lipinski definition) is 4. The zero-order valence-electron chi connectivity index (χ0n) is 13.2. The Hall–Kier alpha value is -2.82. The van der Waals surface area contributed by atoms with Crippen LogP contribution in [0.15, 0.2) is 48.5 Å². The number of rotatable bonds is 4. The molecule has 2 aromatic carbocycles. The van der Waals surface area contributed by atoms with E-state index in [1.54, 1.807) is 36.4 Å². The first kappa shape index (κ1) is 16.5. The molecule has 120 valence electrons. The van der Waals surface area contributed by atoms with Gasteiger partial charge in [-0.1, -0.05) is 0 Å². The van der Waals surface area contributed by atoms with Crippen molar-refractivity contribution in [3.63, 3.8) is 0 Å². The minimum atomic E-state index is -0.988. The van der Waals surface area contributed by atoms with E-state index in [2.05, 4.69) is 0 Å². The number of esters is 1. The average molecular weight is 314 g/mol. The molecule has 1 N–H and O–H groups in total. The third kappa shape index (κ3) is 4.85. The van der Waals surface area contributed by atoms with Crippen molar-refractivity contribution in [2.45, 2.75) is 26.4 Å². The van der Waals surface area contributed by atoms with Crippen LogP contribution in [0.2, 0.25) is 0 Å². The van der Waals surface area contributed by atoms with Crippen molar-refractivity contribution in [1.82, 2.24) is 0 Å². The van der Waals surface area contributed by atoms with E-state index in [9.17, 15) is 9.59 Å². The Kier molecular flexibility index (Phi) is 4.69. The topological polar surface area (TPSA) is 72.8 Å². The molecular formula is C18H18O5. The fraction of sp³-hybridized carbons (Fsp3) is 0.222. The first-order valence-electron chi connectivity index (χ1n) is 7.09. The lowest BCUT2D eigenvalue weighted by Crippen LogP contribution is -2.23. The monoisotopic (exact) mass is 314 g/mol. The van der Waals surface area contributed by atoms with Gasteiger partial charge in [-0.05, 0) is 69.3 Å². The predicted octanol–water partition coefficient (Wildman–Crippen LogP) is 4.13. The van der Waals surface area contributed by atoms with E-state index in [0.29, 0.717) is 17.1 Å². The summed E-state index contributed by atoms with van der Waals surface area (Å²) in [6.45, 7) is 5.43. The molecule has 0 spiro atoms. The van der Waals surface area contributed by atoms with Crippen LogP contribution in [-0.4, -0.2) is 22.6 Å². The summed E-state index contributed by atoms with van der Waals surface area (Å²) in [6, 6.07) is 12.6. The molecule has 0 aliphatic heterocycles. The molecule has 2 rings (SSSR count). The summed E-state index contributed by atoms with van der Waals surface area (Å²) in [5.41, 5.74) is 0.0872. The van der Waals surface area contributed by atoms with Gasteiger partial charge in [-0.3, -0.25) is 0 Å². The Balaban J connectivity index is 2.05. The van der Waals surface area contributed by atoms with Crippen molar-refractivity contribution in [1.29, 1.82) is 0 Å². The molecule has 2 aromatic rings. The summed E-state index contributed by atoms with van der Waals surface area (Å²) in [6.07, 6.45) is 0. The number of carbonyl (C=O) groups is 2. The number of carbonyl (C=O) groups excluding carboxylic acids is 1. The minimum Gasteiger partial charge on any atom is -0.478 e. The van der Waals surface area contributed by atoms with Crippen LogP contribution in [0.25, 0.3) is 0 Å². The zero-order chi connectivity index (χ0) is 17.0. The Morgan fingerprint density at radius 3 is 1.65 bits per heavy atom. The summed E-state index contributed by atoms with van der Waals surface area (Å²) >= 11 is 0. The molecule has 0 unspecified atom stereocenters. The van der Waals surface area contributed by atoms with Gasteiger partial charge >= 0.3 is 11.9 Å². The molecule has 0 aliphatic rings. The smallest absolute Gasteiger partial charge is 0.338 e. The molecule has 23 heavy (non-hydrogen) atoms. The number of benzene rings is 2. The quantitative estimate of drug-likeness (QED) is 0.859. The maximum absolute atomic E-state index is 11.9. The van der Waals surface area contributed by atoms with E-state index in [1.807, 2.05) is 20.8 Å². The second-order valence-corrected chi connectivity index (χ2v) is 5.96. The molecular weight excluding hydrogens is 296 g/mol. The Bertz CT molecular complexity index is 694. The molecule has 0 aromatic heterocycles. The molecule has 0 bridgehead atoms. The molecule has 0 heterocycles. The van der Waals surface area contributed by atoms with E-state index < -0.39 is 17.5 Å². The zero-order valence-corrected chi connectivity index (χ0v) is 13.2. The van der Waals surface area contributed by atoms with E-state index in [4.69, 9.17) is 14.6 Å². The molecule has 5 heteroatoms. The Labute approximate surface area is 134 Å². The second kappa shape index (κ2) is 6.52. The first-order valence-corrected chi connectivity index (χ1v) is 7.09. The highest BCUT2D eigenvalue weighted by atomic mass is 16.6. The lowest BCUT2D eigenvalue weighted by atomic mass is 10.1. The highest BCUT2D eigenvalue weighted by Crippen LogP contribution is 2.23. The summed E-state index contributed by atoms with van der Waals surface area (Å²) in [5.74, 6) is -0.325. The molecule has 0 aliphatic carbocycles. The largest absolute Gasteiger partial charge is 0.478 e. The molecule has 0 atom stereocenters.